The lowest BCUT2D eigenvalue weighted by Crippen LogP contribution is -2.59. The lowest BCUT2D eigenvalue weighted by Gasteiger charge is -2.47. The van der Waals surface area contributed by atoms with E-state index in [1.165, 1.54) is 0 Å². The summed E-state index contributed by atoms with van der Waals surface area (Å²) in [7, 11) is 3.51. The summed E-state index contributed by atoms with van der Waals surface area (Å²) in [5.74, 6) is 0. The van der Waals surface area contributed by atoms with Gasteiger partial charge in [-0.15, -0.1) is 0 Å². The van der Waals surface area contributed by atoms with Crippen LogP contribution in [0.5, 0.6) is 0 Å². The summed E-state index contributed by atoms with van der Waals surface area (Å²) >= 11 is 0. The van der Waals surface area contributed by atoms with Gasteiger partial charge < -0.3 is 15.2 Å². The number of nitrogens with two attached hydrogens (primary N) is 1. The third kappa shape index (κ3) is 5.78. The summed E-state index contributed by atoms with van der Waals surface area (Å²) in [6, 6.07) is 0.363. The van der Waals surface area contributed by atoms with Crippen LogP contribution in [0.3, 0.4) is 0 Å². The standard InChI is InChI=1S/C15H34N2O2/c1-6-8-15(13-16,9-7-2)17(10-11-18-4)14(3)12-19-5/h14H,6-13,16H2,1-5H3. The van der Waals surface area contributed by atoms with Crippen LogP contribution < -0.4 is 5.73 Å². The minimum absolute atomic E-state index is 0.0833. The Morgan fingerprint density at radius 3 is 2.05 bits per heavy atom. The summed E-state index contributed by atoms with van der Waals surface area (Å²) in [4.78, 5) is 2.51. The molecule has 4 nitrogen and oxygen atoms in total. The van der Waals surface area contributed by atoms with Crippen LogP contribution in [-0.4, -0.2) is 57.0 Å². The summed E-state index contributed by atoms with van der Waals surface area (Å²) in [6.45, 7) is 9.77. The fourth-order valence-electron chi connectivity index (χ4n) is 3.11. The first kappa shape index (κ1) is 18.8. The molecule has 2 N–H and O–H groups in total. The van der Waals surface area contributed by atoms with Crippen LogP contribution >= 0.6 is 0 Å². The molecule has 4 heteroatoms. The van der Waals surface area contributed by atoms with E-state index in [-0.39, 0.29) is 5.54 Å². The molecule has 0 bridgehead atoms. The Balaban J connectivity index is 5.06. The second-order valence-electron chi connectivity index (χ2n) is 5.42. The fraction of sp³-hybridized carbons (Fsp3) is 1.00. The van der Waals surface area contributed by atoms with Crippen molar-refractivity contribution >= 4 is 0 Å². The van der Waals surface area contributed by atoms with Crippen molar-refractivity contribution in [3.63, 3.8) is 0 Å². The maximum absolute atomic E-state index is 6.16. The molecule has 1 atom stereocenters. The lowest BCUT2D eigenvalue weighted by atomic mass is 9.85. The van der Waals surface area contributed by atoms with Gasteiger partial charge in [0, 0.05) is 38.9 Å². The van der Waals surface area contributed by atoms with Gasteiger partial charge in [0.2, 0.25) is 0 Å². The number of hydrogen-bond donors (Lipinski definition) is 1. The van der Waals surface area contributed by atoms with E-state index in [1.54, 1.807) is 14.2 Å². The molecule has 0 spiro atoms. The maximum atomic E-state index is 6.16. The highest BCUT2D eigenvalue weighted by Gasteiger charge is 2.36. The number of hydrogen-bond acceptors (Lipinski definition) is 4. The van der Waals surface area contributed by atoms with Gasteiger partial charge in [-0.25, -0.2) is 0 Å². The first-order valence-electron chi connectivity index (χ1n) is 7.56. The number of rotatable bonds is 12. The first-order chi connectivity index (χ1) is 9.11. The minimum Gasteiger partial charge on any atom is -0.383 e. The summed E-state index contributed by atoms with van der Waals surface area (Å²) in [5, 5.41) is 0. The van der Waals surface area contributed by atoms with Crippen molar-refractivity contribution in [3.8, 4) is 0 Å². The van der Waals surface area contributed by atoms with Crippen LogP contribution in [0, 0.1) is 0 Å². The predicted molar refractivity (Wildman–Crippen MR) is 81.5 cm³/mol. The number of ether oxygens (including phenoxy) is 2. The molecule has 0 amide bonds. The van der Waals surface area contributed by atoms with Gasteiger partial charge in [-0.05, 0) is 19.8 Å². The molecule has 0 aromatic rings. The third-order valence-electron chi connectivity index (χ3n) is 3.90. The van der Waals surface area contributed by atoms with Crippen LogP contribution in [0.15, 0.2) is 0 Å². The van der Waals surface area contributed by atoms with Gasteiger partial charge in [-0.2, -0.15) is 0 Å². The molecule has 1 unspecified atom stereocenters. The summed E-state index contributed by atoms with van der Waals surface area (Å²) < 4.78 is 10.6. The second-order valence-corrected chi connectivity index (χ2v) is 5.42. The molecule has 0 radical (unpaired) electrons. The smallest absolute Gasteiger partial charge is 0.0615 e. The van der Waals surface area contributed by atoms with E-state index < -0.39 is 0 Å². The second kappa shape index (κ2) is 10.6. The maximum Gasteiger partial charge on any atom is 0.0615 e. The van der Waals surface area contributed by atoms with Gasteiger partial charge in [0.25, 0.3) is 0 Å². The van der Waals surface area contributed by atoms with Crippen molar-refractivity contribution in [3.05, 3.63) is 0 Å². The van der Waals surface area contributed by atoms with Crippen LogP contribution in [0.2, 0.25) is 0 Å². The molecule has 19 heavy (non-hydrogen) atoms. The topological polar surface area (TPSA) is 47.7 Å². The lowest BCUT2D eigenvalue weighted by molar-refractivity contribution is -0.0102. The van der Waals surface area contributed by atoms with Gasteiger partial charge in [-0.1, -0.05) is 26.7 Å². The van der Waals surface area contributed by atoms with Crippen molar-refractivity contribution in [2.45, 2.75) is 58.0 Å². The predicted octanol–water partition coefficient (Wildman–Crippen LogP) is 2.27. The van der Waals surface area contributed by atoms with Crippen LogP contribution in [-0.2, 0) is 9.47 Å². The normalized spacial score (nSPS) is 14.1. The SMILES string of the molecule is CCCC(CN)(CCC)N(CCOC)C(C)COC. The molecule has 0 aromatic heterocycles. The molecule has 116 valence electrons. The molecule has 0 saturated heterocycles. The van der Waals surface area contributed by atoms with E-state index >= 15 is 0 Å². The quantitative estimate of drug-likeness (QED) is 0.593. The van der Waals surface area contributed by atoms with E-state index in [2.05, 4.69) is 25.7 Å². The Labute approximate surface area is 119 Å². The molecule has 0 rings (SSSR count). The Hall–Kier alpha value is -0.160. The molecule has 0 fully saturated rings. The molecular formula is C15H34N2O2. The molecule has 0 aliphatic rings. The van der Waals surface area contributed by atoms with E-state index in [0.29, 0.717) is 12.6 Å². The van der Waals surface area contributed by atoms with Crippen molar-refractivity contribution in [2.24, 2.45) is 5.73 Å². The van der Waals surface area contributed by atoms with Gasteiger partial charge in [0.1, 0.15) is 0 Å². The Morgan fingerprint density at radius 2 is 1.68 bits per heavy atom. The zero-order chi connectivity index (χ0) is 14.7. The van der Waals surface area contributed by atoms with Crippen molar-refractivity contribution in [1.29, 1.82) is 0 Å². The summed E-state index contributed by atoms with van der Waals surface area (Å²) in [6.07, 6.45) is 4.57. The third-order valence-corrected chi connectivity index (χ3v) is 3.90. The highest BCUT2D eigenvalue weighted by Crippen LogP contribution is 2.28. The van der Waals surface area contributed by atoms with E-state index in [0.717, 1.165) is 45.4 Å². The van der Waals surface area contributed by atoms with Crippen molar-refractivity contribution in [1.82, 2.24) is 4.90 Å². The highest BCUT2D eigenvalue weighted by atomic mass is 16.5. The number of methoxy groups -OCH3 is 2. The van der Waals surface area contributed by atoms with Crippen LogP contribution in [0.1, 0.15) is 46.5 Å². The van der Waals surface area contributed by atoms with Crippen LogP contribution in [0.25, 0.3) is 0 Å². The van der Waals surface area contributed by atoms with Crippen LogP contribution in [0.4, 0.5) is 0 Å². The Kier molecular flexibility index (Phi) is 10.5. The molecule has 0 heterocycles. The average Bonchev–Trinajstić information content (AvgIpc) is 2.39. The van der Waals surface area contributed by atoms with Gasteiger partial charge in [-0.3, -0.25) is 4.90 Å². The molecule has 0 aliphatic heterocycles. The Morgan fingerprint density at radius 1 is 1.11 bits per heavy atom. The van der Waals surface area contributed by atoms with E-state index in [1.807, 2.05) is 0 Å². The molecule has 0 saturated carbocycles. The molecule has 0 aromatic carbocycles. The van der Waals surface area contributed by atoms with E-state index in [4.69, 9.17) is 15.2 Å². The molecule has 0 aliphatic carbocycles. The zero-order valence-electron chi connectivity index (χ0n) is 13.6. The molecular weight excluding hydrogens is 240 g/mol. The summed E-state index contributed by atoms with van der Waals surface area (Å²) in [5.41, 5.74) is 6.25. The van der Waals surface area contributed by atoms with Crippen molar-refractivity contribution < 1.29 is 9.47 Å². The number of nitrogens with zero attached hydrogens (tertiary/aromatic N) is 1. The monoisotopic (exact) mass is 274 g/mol. The zero-order valence-corrected chi connectivity index (χ0v) is 13.6. The van der Waals surface area contributed by atoms with Crippen molar-refractivity contribution in [2.75, 3.05) is 40.5 Å². The average molecular weight is 274 g/mol. The highest BCUT2D eigenvalue weighted by molar-refractivity contribution is 4.93. The minimum atomic E-state index is 0.0833. The first-order valence-corrected chi connectivity index (χ1v) is 7.56. The van der Waals surface area contributed by atoms with E-state index in [9.17, 15) is 0 Å². The largest absolute Gasteiger partial charge is 0.383 e. The Bertz CT molecular complexity index is 206. The van der Waals surface area contributed by atoms with Gasteiger partial charge >= 0.3 is 0 Å². The van der Waals surface area contributed by atoms with Gasteiger partial charge in [0.05, 0.1) is 13.2 Å². The van der Waals surface area contributed by atoms with Gasteiger partial charge in [0.15, 0.2) is 0 Å². The fourth-order valence-corrected chi connectivity index (χ4v) is 3.11.